The smallest absolute Gasteiger partial charge is 0.469 e. The molecule has 30 heavy (non-hydrogen) atoms. The number of hydrogen-bond donors (Lipinski definition) is 1. The lowest BCUT2D eigenvalue weighted by Gasteiger charge is -2.24. The molecule has 1 atom stereocenters. The van der Waals surface area contributed by atoms with Gasteiger partial charge in [0.2, 0.25) is 0 Å². The first-order valence-electron chi connectivity index (χ1n) is 9.64. The fraction of sp³-hybridized carbons (Fsp3) is 0.273. The molecule has 2 aromatic carbocycles. The molecule has 0 saturated heterocycles. The highest BCUT2D eigenvalue weighted by Gasteiger charge is 2.54. The number of hydrogen-bond acceptors (Lipinski definition) is 4. The molecule has 0 spiro atoms. The van der Waals surface area contributed by atoms with E-state index in [1.807, 2.05) is 32.0 Å². The van der Waals surface area contributed by atoms with E-state index in [1.165, 1.54) is 4.58 Å². The third kappa shape index (κ3) is 3.68. The number of fused-ring (bicyclic) bond motifs is 3. The highest BCUT2D eigenvalue weighted by molar-refractivity contribution is 6.30. The lowest BCUT2D eigenvalue weighted by atomic mass is 10.0. The summed E-state index contributed by atoms with van der Waals surface area (Å²) < 4.78 is 7.37. The summed E-state index contributed by atoms with van der Waals surface area (Å²) in [7, 11) is 0. The van der Waals surface area contributed by atoms with Gasteiger partial charge in [-0.05, 0) is 43.7 Å². The number of imide groups is 1. The molecule has 2 aromatic rings. The van der Waals surface area contributed by atoms with E-state index in [-0.39, 0.29) is 19.1 Å². The van der Waals surface area contributed by atoms with Gasteiger partial charge in [0.05, 0.1) is 5.56 Å². The SMILES string of the molecule is CC(C)NC(=O)CN1C(=O)C2Oc3ccccc3C2=[N+](Cc2cccc(Cl)c2)C1=O. The van der Waals surface area contributed by atoms with E-state index >= 15 is 0 Å². The number of halogens is 1. The number of benzene rings is 2. The summed E-state index contributed by atoms with van der Waals surface area (Å²) in [4.78, 5) is 39.7. The molecular formula is C22H21ClN3O4+. The van der Waals surface area contributed by atoms with E-state index in [4.69, 9.17) is 16.3 Å². The van der Waals surface area contributed by atoms with Crippen LogP contribution in [0.15, 0.2) is 48.5 Å². The number of nitrogens with zero attached hydrogens (tertiary/aromatic N) is 2. The number of rotatable bonds is 5. The third-order valence-corrected chi connectivity index (χ3v) is 5.12. The second kappa shape index (κ2) is 7.91. The second-order valence-corrected chi connectivity index (χ2v) is 7.96. The Labute approximate surface area is 178 Å². The van der Waals surface area contributed by atoms with Crippen molar-refractivity contribution in [1.29, 1.82) is 0 Å². The molecule has 2 heterocycles. The lowest BCUT2D eigenvalue weighted by molar-refractivity contribution is -0.456. The molecule has 0 fully saturated rings. The molecule has 2 aliphatic rings. The minimum absolute atomic E-state index is 0.107. The van der Waals surface area contributed by atoms with Gasteiger partial charge in [0, 0.05) is 11.1 Å². The van der Waals surface area contributed by atoms with E-state index in [0.717, 1.165) is 10.5 Å². The summed E-state index contributed by atoms with van der Waals surface area (Å²) in [5, 5.41) is 3.26. The Bertz CT molecular complexity index is 1080. The lowest BCUT2D eigenvalue weighted by Crippen LogP contribution is -2.59. The van der Waals surface area contributed by atoms with Crippen molar-refractivity contribution in [2.75, 3.05) is 6.54 Å². The summed E-state index contributed by atoms with van der Waals surface area (Å²) in [6.45, 7) is 3.45. The zero-order chi connectivity index (χ0) is 21.4. The van der Waals surface area contributed by atoms with Gasteiger partial charge >= 0.3 is 11.9 Å². The van der Waals surface area contributed by atoms with Gasteiger partial charge in [-0.15, -0.1) is 4.90 Å². The van der Waals surface area contributed by atoms with Crippen LogP contribution < -0.4 is 10.1 Å². The molecule has 0 radical (unpaired) electrons. The molecule has 0 aromatic heterocycles. The topological polar surface area (TPSA) is 78.7 Å². The van der Waals surface area contributed by atoms with Crippen LogP contribution in [0.1, 0.15) is 25.0 Å². The van der Waals surface area contributed by atoms with Gasteiger partial charge in [-0.1, -0.05) is 35.9 Å². The number of carbonyl (C=O) groups is 3. The van der Waals surface area contributed by atoms with E-state index in [2.05, 4.69) is 5.32 Å². The minimum Gasteiger partial charge on any atom is -0.469 e. The number of nitrogens with one attached hydrogen (secondary N) is 1. The Kier molecular flexibility index (Phi) is 5.30. The zero-order valence-electron chi connectivity index (χ0n) is 16.6. The van der Waals surface area contributed by atoms with Crippen molar-refractivity contribution in [1.82, 2.24) is 10.2 Å². The van der Waals surface area contributed by atoms with Crippen LogP contribution in [0.2, 0.25) is 5.02 Å². The fourth-order valence-electron chi connectivity index (χ4n) is 3.67. The number of carbonyl (C=O) groups excluding carboxylic acids is 3. The Balaban J connectivity index is 1.77. The third-order valence-electron chi connectivity index (χ3n) is 4.88. The first-order valence-corrected chi connectivity index (χ1v) is 10.0. The van der Waals surface area contributed by atoms with Crippen molar-refractivity contribution < 1.29 is 23.7 Å². The van der Waals surface area contributed by atoms with Crippen molar-refractivity contribution in [3.8, 4) is 5.75 Å². The van der Waals surface area contributed by atoms with Crippen molar-refractivity contribution in [3.05, 3.63) is 64.7 Å². The number of urea groups is 1. The molecular weight excluding hydrogens is 406 g/mol. The zero-order valence-corrected chi connectivity index (χ0v) is 17.3. The number of para-hydroxylation sites is 1. The van der Waals surface area contributed by atoms with Crippen LogP contribution in [0.3, 0.4) is 0 Å². The highest BCUT2D eigenvalue weighted by Crippen LogP contribution is 2.32. The molecule has 4 rings (SSSR count). The average Bonchev–Trinajstić information content (AvgIpc) is 3.08. The Morgan fingerprint density at radius 2 is 1.97 bits per heavy atom. The first-order chi connectivity index (χ1) is 14.3. The average molecular weight is 427 g/mol. The van der Waals surface area contributed by atoms with Gasteiger partial charge in [-0.25, -0.2) is 4.79 Å². The quantitative estimate of drug-likeness (QED) is 0.745. The van der Waals surface area contributed by atoms with Gasteiger partial charge in [-0.3, -0.25) is 4.79 Å². The summed E-state index contributed by atoms with van der Waals surface area (Å²) in [6, 6.07) is 13.7. The molecule has 0 bridgehead atoms. The van der Waals surface area contributed by atoms with E-state index < -0.39 is 23.9 Å². The molecule has 0 aliphatic carbocycles. The Morgan fingerprint density at radius 3 is 2.70 bits per heavy atom. The largest absolute Gasteiger partial charge is 0.501 e. The molecule has 1 N–H and O–H groups in total. The first kappa shape index (κ1) is 20.1. The van der Waals surface area contributed by atoms with Gasteiger partial charge in [0.15, 0.2) is 12.3 Å². The van der Waals surface area contributed by atoms with Crippen LogP contribution in [-0.2, 0) is 16.1 Å². The number of amides is 4. The second-order valence-electron chi connectivity index (χ2n) is 7.52. The van der Waals surface area contributed by atoms with Crippen molar-refractivity contribution in [3.63, 3.8) is 0 Å². The Morgan fingerprint density at radius 1 is 1.20 bits per heavy atom. The predicted molar refractivity (Wildman–Crippen MR) is 111 cm³/mol. The van der Waals surface area contributed by atoms with Crippen LogP contribution in [0, 0.1) is 0 Å². The normalized spacial score (nSPS) is 17.7. The molecule has 154 valence electrons. The summed E-state index contributed by atoms with van der Waals surface area (Å²) in [5.41, 5.74) is 1.98. The molecule has 8 heteroatoms. The summed E-state index contributed by atoms with van der Waals surface area (Å²) >= 11 is 6.11. The monoisotopic (exact) mass is 426 g/mol. The van der Waals surface area contributed by atoms with Gasteiger partial charge in [0.1, 0.15) is 12.3 Å². The summed E-state index contributed by atoms with van der Waals surface area (Å²) in [6.07, 6.45) is -0.980. The van der Waals surface area contributed by atoms with Crippen LogP contribution >= 0.6 is 11.6 Å². The number of ether oxygens (including phenoxy) is 1. The van der Waals surface area contributed by atoms with Crippen molar-refractivity contribution in [2.45, 2.75) is 32.5 Å². The maximum absolute atomic E-state index is 13.3. The van der Waals surface area contributed by atoms with Gasteiger partial charge in [0.25, 0.3) is 12.0 Å². The van der Waals surface area contributed by atoms with E-state index in [0.29, 0.717) is 22.0 Å². The molecule has 2 aliphatic heterocycles. The molecule has 7 nitrogen and oxygen atoms in total. The van der Waals surface area contributed by atoms with Crippen LogP contribution in [-0.4, -0.2) is 51.7 Å². The Hall–Kier alpha value is -3.19. The molecule has 1 unspecified atom stereocenters. The predicted octanol–water partition coefficient (Wildman–Crippen LogP) is 2.59. The van der Waals surface area contributed by atoms with Crippen LogP contribution in [0.4, 0.5) is 4.79 Å². The van der Waals surface area contributed by atoms with Crippen LogP contribution in [0.25, 0.3) is 0 Å². The van der Waals surface area contributed by atoms with Gasteiger partial charge < -0.3 is 10.1 Å². The van der Waals surface area contributed by atoms with Crippen LogP contribution in [0.5, 0.6) is 5.75 Å². The highest BCUT2D eigenvalue weighted by atomic mass is 35.5. The molecule has 0 saturated carbocycles. The van der Waals surface area contributed by atoms with Gasteiger partial charge in [-0.2, -0.15) is 9.37 Å². The van der Waals surface area contributed by atoms with E-state index in [1.54, 1.807) is 30.3 Å². The van der Waals surface area contributed by atoms with Crippen molar-refractivity contribution >= 4 is 35.2 Å². The van der Waals surface area contributed by atoms with E-state index in [9.17, 15) is 14.4 Å². The maximum Gasteiger partial charge on any atom is 0.501 e. The fourth-order valence-corrected chi connectivity index (χ4v) is 3.88. The summed E-state index contributed by atoms with van der Waals surface area (Å²) in [5.74, 6) is -0.427. The minimum atomic E-state index is -0.980. The molecule has 4 amide bonds. The maximum atomic E-state index is 13.3. The van der Waals surface area contributed by atoms with Crippen molar-refractivity contribution in [2.24, 2.45) is 0 Å². The standard InChI is InChI=1S/C22H20ClN3O4/c1-13(2)24-18(27)12-26-21(28)20-19(16-8-3-4-9-17(16)30-20)25(22(26)29)11-14-6-5-7-15(23)10-14/h3-10,13,20H,11-12H2,1-2H3/p+1.